The van der Waals surface area contributed by atoms with E-state index in [2.05, 4.69) is 9.47 Å². The maximum atomic E-state index is 10.7. The van der Waals surface area contributed by atoms with Crippen LogP contribution in [0.25, 0.3) is 0 Å². The molecule has 0 saturated carbocycles. The summed E-state index contributed by atoms with van der Waals surface area (Å²) in [5, 5.41) is 19.0. The zero-order valence-corrected chi connectivity index (χ0v) is 8.95. The van der Waals surface area contributed by atoms with Crippen LogP contribution in [0, 0.1) is 0 Å². The van der Waals surface area contributed by atoms with Crippen molar-refractivity contribution in [1.82, 2.24) is 0 Å². The minimum atomic E-state index is -1.42. The molecule has 0 aromatic carbocycles. The molecule has 1 aliphatic rings. The number of carbonyl (C=O) groups excluding carboxylic acids is 2. The van der Waals surface area contributed by atoms with Gasteiger partial charge in [0.1, 0.15) is 18.8 Å². The van der Waals surface area contributed by atoms with Crippen LogP contribution in [-0.2, 0) is 23.8 Å². The fraction of sp³-hybridized carbons (Fsp3) is 0.778. The molecule has 0 aromatic heterocycles. The number of aliphatic hydroxyl groups is 2. The van der Waals surface area contributed by atoms with Crippen molar-refractivity contribution in [2.24, 2.45) is 0 Å². The molecule has 1 aliphatic heterocycles. The van der Waals surface area contributed by atoms with Gasteiger partial charge >= 0.3 is 11.9 Å². The molecule has 7 heteroatoms. The number of rotatable bonds is 3. The van der Waals surface area contributed by atoms with Gasteiger partial charge in [-0.25, -0.2) is 0 Å². The van der Waals surface area contributed by atoms with E-state index in [1.54, 1.807) is 0 Å². The molecule has 1 rings (SSSR count). The summed E-state index contributed by atoms with van der Waals surface area (Å²) in [7, 11) is 0. The standard InChI is InChI=1S/C9H14O7/c1-4(10)14-3-6-7(12)8(9(13)16-6)15-5(2)11/h6-9,12-13H,3H2,1-2H3/t6-,7-,8-,9+/m1/s1. The Hall–Kier alpha value is -1.18. The summed E-state index contributed by atoms with van der Waals surface area (Å²) in [5.41, 5.74) is 0. The van der Waals surface area contributed by atoms with Crippen molar-refractivity contribution >= 4 is 11.9 Å². The second-order valence-corrected chi connectivity index (χ2v) is 3.43. The summed E-state index contributed by atoms with van der Waals surface area (Å²) in [6.45, 7) is 2.16. The number of ether oxygens (including phenoxy) is 3. The van der Waals surface area contributed by atoms with E-state index in [0.717, 1.165) is 6.92 Å². The summed E-state index contributed by atoms with van der Waals surface area (Å²) in [6, 6.07) is 0. The lowest BCUT2D eigenvalue weighted by atomic mass is 10.1. The van der Waals surface area contributed by atoms with Crippen LogP contribution in [0.4, 0.5) is 0 Å². The molecule has 1 fully saturated rings. The Morgan fingerprint density at radius 3 is 2.38 bits per heavy atom. The average Bonchev–Trinajstić information content (AvgIpc) is 2.42. The first-order valence-electron chi connectivity index (χ1n) is 4.74. The minimum Gasteiger partial charge on any atom is -0.463 e. The predicted molar refractivity (Wildman–Crippen MR) is 49.1 cm³/mol. The van der Waals surface area contributed by atoms with E-state index in [-0.39, 0.29) is 6.61 Å². The van der Waals surface area contributed by atoms with Crippen LogP contribution >= 0.6 is 0 Å². The number of carbonyl (C=O) groups is 2. The highest BCUT2D eigenvalue weighted by atomic mass is 16.7. The van der Waals surface area contributed by atoms with Gasteiger partial charge in [0, 0.05) is 13.8 Å². The third kappa shape index (κ3) is 3.16. The van der Waals surface area contributed by atoms with Gasteiger partial charge in [0.25, 0.3) is 0 Å². The van der Waals surface area contributed by atoms with E-state index in [0.29, 0.717) is 0 Å². The third-order valence-electron chi connectivity index (χ3n) is 2.07. The molecular formula is C9H14O7. The van der Waals surface area contributed by atoms with Gasteiger partial charge in [-0.15, -0.1) is 0 Å². The molecule has 1 heterocycles. The van der Waals surface area contributed by atoms with Gasteiger partial charge in [-0.2, -0.15) is 0 Å². The van der Waals surface area contributed by atoms with Gasteiger partial charge in [0.15, 0.2) is 12.4 Å². The van der Waals surface area contributed by atoms with Crippen LogP contribution in [0.15, 0.2) is 0 Å². The second kappa shape index (κ2) is 5.24. The Morgan fingerprint density at radius 2 is 1.88 bits per heavy atom. The first-order chi connectivity index (χ1) is 7.41. The number of hydrogen-bond acceptors (Lipinski definition) is 7. The van der Waals surface area contributed by atoms with Crippen LogP contribution in [0.3, 0.4) is 0 Å². The highest BCUT2D eigenvalue weighted by molar-refractivity contribution is 5.66. The topological polar surface area (TPSA) is 102 Å². The molecule has 1 saturated heterocycles. The van der Waals surface area contributed by atoms with Gasteiger partial charge in [-0.05, 0) is 0 Å². The summed E-state index contributed by atoms with van der Waals surface area (Å²) in [5.74, 6) is -1.17. The van der Waals surface area contributed by atoms with Crippen LogP contribution in [0.5, 0.6) is 0 Å². The molecule has 16 heavy (non-hydrogen) atoms. The molecule has 0 aromatic rings. The molecular weight excluding hydrogens is 220 g/mol. The highest BCUT2D eigenvalue weighted by Crippen LogP contribution is 2.22. The fourth-order valence-electron chi connectivity index (χ4n) is 1.37. The zero-order chi connectivity index (χ0) is 12.3. The van der Waals surface area contributed by atoms with Gasteiger partial charge < -0.3 is 24.4 Å². The van der Waals surface area contributed by atoms with Crippen molar-refractivity contribution in [1.29, 1.82) is 0 Å². The molecule has 7 nitrogen and oxygen atoms in total. The summed E-state index contributed by atoms with van der Waals surface area (Å²) < 4.78 is 14.2. The highest BCUT2D eigenvalue weighted by Gasteiger charge is 2.45. The number of aliphatic hydroxyl groups excluding tert-OH is 2. The van der Waals surface area contributed by atoms with Crippen molar-refractivity contribution < 1.29 is 34.0 Å². The monoisotopic (exact) mass is 234 g/mol. The third-order valence-corrected chi connectivity index (χ3v) is 2.07. The van der Waals surface area contributed by atoms with E-state index in [1.165, 1.54) is 6.92 Å². The van der Waals surface area contributed by atoms with E-state index in [1.807, 2.05) is 0 Å². The van der Waals surface area contributed by atoms with Crippen molar-refractivity contribution in [2.45, 2.75) is 38.4 Å². The Labute approximate surface area is 91.9 Å². The van der Waals surface area contributed by atoms with Crippen molar-refractivity contribution in [3.05, 3.63) is 0 Å². The Kier molecular flexibility index (Phi) is 4.22. The van der Waals surface area contributed by atoms with Crippen LogP contribution < -0.4 is 0 Å². The van der Waals surface area contributed by atoms with E-state index in [9.17, 15) is 19.8 Å². The predicted octanol–water partition coefficient (Wildman–Crippen LogP) is -1.44. The fourth-order valence-corrected chi connectivity index (χ4v) is 1.37. The smallest absolute Gasteiger partial charge is 0.303 e. The van der Waals surface area contributed by atoms with Crippen LogP contribution in [0.2, 0.25) is 0 Å². The molecule has 0 amide bonds. The minimum absolute atomic E-state index is 0.203. The molecule has 0 spiro atoms. The van der Waals surface area contributed by atoms with Gasteiger partial charge in [0.05, 0.1) is 0 Å². The Balaban J connectivity index is 2.52. The zero-order valence-electron chi connectivity index (χ0n) is 8.95. The maximum Gasteiger partial charge on any atom is 0.303 e. The Morgan fingerprint density at radius 1 is 1.25 bits per heavy atom. The maximum absolute atomic E-state index is 10.7. The van der Waals surface area contributed by atoms with Crippen molar-refractivity contribution in [3.8, 4) is 0 Å². The largest absolute Gasteiger partial charge is 0.463 e. The Bertz CT molecular complexity index is 277. The molecule has 4 atom stereocenters. The molecule has 92 valence electrons. The van der Waals surface area contributed by atoms with E-state index >= 15 is 0 Å². The summed E-state index contributed by atoms with van der Waals surface area (Å²) in [6.07, 6.45) is -4.70. The molecule has 0 unspecified atom stereocenters. The van der Waals surface area contributed by atoms with Crippen LogP contribution in [0.1, 0.15) is 13.8 Å². The lowest BCUT2D eigenvalue weighted by Crippen LogP contribution is -2.37. The molecule has 0 bridgehead atoms. The van der Waals surface area contributed by atoms with Gasteiger partial charge in [0.2, 0.25) is 0 Å². The van der Waals surface area contributed by atoms with E-state index < -0.39 is 36.5 Å². The lowest BCUT2D eigenvalue weighted by Gasteiger charge is -2.16. The lowest BCUT2D eigenvalue weighted by molar-refractivity contribution is -0.172. The normalized spacial score (nSPS) is 33.5. The van der Waals surface area contributed by atoms with Crippen molar-refractivity contribution in [3.63, 3.8) is 0 Å². The van der Waals surface area contributed by atoms with Gasteiger partial charge in [-0.3, -0.25) is 9.59 Å². The number of hydrogen-bond donors (Lipinski definition) is 2. The van der Waals surface area contributed by atoms with Crippen LogP contribution in [-0.4, -0.2) is 53.4 Å². The van der Waals surface area contributed by atoms with E-state index in [4.69, 9.17) is 4.74 Å². The SMILES string of the molecule is CC(=O)OC[C@H]1O[C@H](O)[C@H](OC(C)=O)[C@@H]1O. The van der Waals surface area contributed by atoms with Gasteiger partial charge in [-0.1, -0.05) is 0 Å². The quantitative estimate of drug-likeness (QED) is 0.576. The summed E-state index contributed by atoms with van der Waals surface area (Å²) >= 11 is 0. The number of esters is 2. The molecule has 0 aliphatic carbocycles. The summed E-state index contributed by atoms with van der Waals surface area (Å²) in [4.78, 5) is 21.2. The second-order valence-electron chi connectivity index (χ2n) is 3.43. The first-order valence-corrected chi connectivity index (χ1v) is 4.74. The molecule has 0 radical (unpaired) electrons. The average molecular weight is 234 g/mol. The van der Waals surface area contributed by atoms with Crippen molar-refractivity contribution in [2.75, 3.05) is 6.61 Å². The first kappa shape index (κ1) is 12.9. The molecule has 2 N–H and O–H groups in total.